The van der Waals surface area contributed by atoms with Crippen molar-refractivity contribution in [2.24, 2.45) is 0 Å². The second-order valence-corrected chi connectivity index (χ2v) is 2.84. The van der Waals surface area contributed by atoms with Crippen LogP contribution in [0.25, 0.3) is 0 Å². The lowest BCUT2D eigenvalue weighted by Crippen LogP contribution is -2.03. The second kappa shape index (κ2) is 2.89. The smallest absolute Gasteiger partial charge is 0.250 e. The molecule has 2 rings (SSSR count). The van der Waals surface area contributed by atoms with Crippen molar-refractivity contribution in [2.75, 3.05) is 13.6 Å². The van der Waals surface area contributed by atoms with E-state index in [0.717, 1.165) is 6.54 Å². The third kappa shape index (κ3) is 1.28. The maximum atomic E-state index is 3.18. The van der Waals surface area contributed by atoms with Crippen molar-refractivity contribution in [3.8, 4) is 0 Å². The Morgan fingerprint density at radius 1 is 1.25 bits per heavy atom. The van der Waals surface area contributed by atoms with Gasteiger partial charge in [-0.15, -0.1) is 0 Å². The summed E-state index contributed by atoms with van der Waals surface area (Å²) < 4.78 is 4.03. The van der Waals surface area contributed by atoms with E-state index in [9.17, 15) is 0 Å². The van der Waals surface area contributed by atoms with Crippen molar-refractivity contribution >= 4 is 18.2 Å². The highest BCUT2D eigenvalue weighted by atomic mass is 15.2. The molecule has 0 aromatic heterocycles. The number of nitrogens with zero attached hydrogens (tertiary/aromatic N) is 2. The number of para-hydroxylation sites is 1. The Bertz CT molecular complexity index is 336. The van der Waals surface area contributed by atoms with Crippen molar-refractivity contribution in [3.05, 3.63) is 30.3 Å². The summed E-state index contributed by atoms with van der Waals surface area (Å²) in [5, 5.41) is 0. The van der Waals surface area contributed by atoms with Crippen molar-refractivity contribution < 1.29 is 9.15 Å². The maximum absolute atomic E-state index is 3.18. The van der Waals surface area contributed by atoms with Crippen LogP contribution in [0.4, 0.5) is 5.69 Å². The summed E-state index contributed by atoms with van der Waals surface area (Å²) >= 11 is 0. The predicted molar refractivity (Wildman–Crippen MR) is 48.5 cm³/mol. The molecule has 1 aliphatic rings. The normalized spacial score (nSPS) is 15.8. The minimum Gasteiger partial charge on any atom is -0.250 e. The molecule has 2 heteroatoms. The molecule has 1 aromatic rings. The fourth-order valence-electron chi connectivity index (χ4n) is 1.25. The molecule has 0 atom stereocenters. The molecule has 1 aliphatic heterocycles. The molecule has 0 N–H and O–H groups in total. The molecule has 0 bridgehead atoms. The topological polar surface area (TPSA) is 6.02 Å². The fourth-order valence-corrected chi connectivity index (χ4v) is 1.25. The number of rotatable bonds is 1. The highest BCUT2D eigenvalue weighted by molar-refractivity contribution is 5.63. The van der Waals surface area contributed by atoms with E-state index in [1.807, 2.05) is 29.8 Å². The van der Waals surface area contributed by atoms with Crippen LogP contribution < -0.4 is 0 Å². The van der Waals surface area contributed by atoms with Crippen LogP contribution in [-0.2, 0) is 0 Å². The zero-order chi connectivity index (χ0) is 8.39. The number of benzene rings is 1. The highest BCUT2D eigenvalue weighted by Gasteiger charge is 2.10. The van der Waals surface area contributed by atoms with E-state index in [1.54, 1.807) is 0 Å². The summed E-state index contributed by atoms with van der Waals surface area (Å²) in [7, 11) is 1.99. The van der Waals surface area contributed by atoms with Gasteiger partial charge in [-0.25, -0.2) is 9.15 Å². The zero-order valence-corrected chi connectivity index (χ0v) is 7.07. The molecule has 1 aromatic carbocycles. The van der Waals surface area contributed by atoms with Crippen LogP contribution in [0.2, 0.25) is 0 Å². The zero-order valence-electron chi connectivity index (χ0n) is 7.07. The van der Waals surface area contributed by atoms with Gasteiger partial charge in [0.25, 0.3) is 0 Å². The van der Waals surface area contributed by atoms with Crippen LogP contribution in [0, 0.1) is 0 Å². The van der Waals surface area contributed by atoms with E-state index in [2.05, 4.69) is 29.3 Å². The van der Waals surface area contributed by atoms with Gasteiger partial charge >= 0.3 is 6.34 Å². The summed E-state index contributed by atoms with van der Waals surface area (Å²) in [4.78, 5) is 0. The first kappa shape index (κ1) is 7.22. The Labute approximate surface area is 72.1 Å². The first-order valence-corrected chi connectivity index (χ1v) is 4.01. The molecule has 12 heavy (non-hydrogen) atoms. The lowest BCUT2D eigenvalue weighted by molar-refractivity contribution is -0.459. The summed E-state index contributed by atoms with van der Waals surface area (Å²) in [6.45, 7) is 0.917. The van der Waals surface area contributed by atoms with Crippen molar-refractivity contribution in [2.45, 2.75) is 0 Å². The van der Waals surface area contributed by atoms with Gasteiger partial charge in [0.05, 0.1) is 0 Å². The Kier molecular flexibility index (Phi) is 1.74. The quantitative estimate of drug-likeness (QED) is 0.425. The van der Waals surface area contributed by atoms with Crippen LogP contribution in [0.15, 0.2) is 30.3 Å². The van der Waals surface area contributed by atoms with Gasteiger partial charge in [0.2, 0.25) is 0 Å². The lowest BCUT2D eigenvalue weighted by Gasteiger charge is -1.97. The average Bonchev–Trinajstić information content (AvgIpc) is 2.54. The first-order chi connectivity index (χ1) is 5.86. The number of hydrogen-bond donors (Lipinski definition) is 0. The summed E-state index contributed by atoms with van der Waals surface area (Å²) in [6, 6.07) is 10.3. The summed E-state index contributed by atoms with van der Waals surface area (Å²) in [6.07, 6.45) is 5.27. The molecule has 2 nitrogen and oxygen atoms in total. The van der Waals surface area contributed by atoms with Gasteiger partial charge in [0.15, 0.2) is 6.54 Å². The summed E-state index contributed by atoms with van der Waals surface area (Å²) in [5.74, 6) is 0. The molecular weight excluding hydrogens is 148 g/mol. The van der Waals surface area contributed by atoms with E-state index in [4.69, 9.17) is 0 Å². The fraction of sp³-hybridized carbons (Fsp3) is 0.200. The number of hydrogen-bond acceptors (Lipinski definition) is 0. The Morgan fingerprint density at radius 3 is 2.58 bits per heavy atom. The Hall–Kier alpha value is -1.44. The monoisotopic (exact) mass is 159 g/mol. The molecule has 0 saturated heterocycles. The molecule has 60 valence electrons. The largest absolute Gasteiger partial charge is 0.425 e. The molecule has 0 amide bonds. The molecule has 0 saturated carbocycles. The Morgan fingerprint density at radius 2 is 2.00 bits per heavy atom. The Balaban J connectivity index is 2.30. The van der Waals surface area contributed by atoms with Gasteiger partial charge in [-0.05, 0) is 12.1 Å². The minimum absolute atomic E-state index is 0.917. The molecular formula is C10H11N2+. The van der Waals surface area contributed by atoms with Crippen LogP contribution >= 0.6 is 0 Å². The van der Waals surface area contributed by atoms with Gasteiger partial charge in [0, 0.05) is 0 Å². The molecule has 0 fully saturated rings. The van der Waals surface area contributed by atoms with Crippen molar-refractivity contribution in [3.63, 3.8) is 0 Å². The third-order valence-electron chi connectivity index (χ3n) is 1.88. The molecule has 0 aliphatic carbocycles. The van der Waals surface area contributed by atoms with Crippen LogP contribution in [-0.4, -0.2) is 35.3 Å². The minimum atomic E-state index is 0.917. The second-order valence-electron chi connectivity index (χ2n) is 2.84. The van der Waals surface area contributed by atoms with Crippen molar-refractivity contribution in [1.82, 2.24) is 0 Å². The highest BCUT2D eigenvalue weighted by Crippen LogP contribution is 2.09. The molecule has 0 radical (unpaired) electrons. The van der Waals surface area contributed by atoms with E-state index >= 15 is 0 Å². The van der Waals surface area contributed by atoms with E-state index in [0.29, 0.717) is 0 Å². The third-order valence-corrected chi connectivity index (χ3v) is 1.88. The van der Waals surface area contributed by atoms with Crippen LogP contribution in [0.3, 0.4) is 0 Å². The van der Waals surface area contributed by atoms with E-state index < -0.39 is 0 Å². The van der Waals surface area contributed by atoms with Gasteiger partial charge < -0.3 is 0 Å². The standard InChI is InChI=1S/C10H11N2/c1-11-7-8-12(9-11)10-5-3-2-4-6-10/h2-7H,8H2,1H3/q+1. The van der Waals surface area contributed by atoms with E-state index in [-0.39, 0.29) is 0 Å². The van der Waals surface area contributed by atoms with E-state index in [1.165, 1.54) is 5.69 Å². The SMILES string of the molecule is C[N+]1=CC[N+](c2ccccc2)=[C-]1. The van der Waals surface area contributed by atoms with Crippen molar-refractivity contribution in [1.29, 1.82) is 0 Å². The molecule has 1 heterocycles. The van der Waals surface area contributed by atoms with Gasteiger partial charge in [-0.3, -0.25) is 0 Å². The first-order valence-electron chi connectivity index (χ1n) is 4.01. The molecule has 0 unspecified atom stereocenters. The maximum Gasteiger partial charge on any atom is 0.425 e. The average molecular weight is 159 g/mol. The van der Waals surface area contributed by atoms with Crippen LogP contribution in [0.5, 0.6) is 0 Å². The van der Waals surface area contributed by atoms with Gasteiger partial charge in [0.1, 0.15) is 18.9 Å². The lowest BCUT2D eigenvalue weighted by atomic mass is 10.3. The predicted octanol–water partition coefficient (Wildman–Crippen LogP) is 0.963. The molecule has 0 spiro atoms. The summed E-state index contributed by atoms with van der Waals surface area (Å²) in [5.41, 5.74) is 1.19. The van der Waals surface area contributed by atoms with Crippen LogP contribution in [0.1, 0.15) is 0 Å². The van der Waals surface area contributed by atoms with Gasteiger partial charge in [-0.2, -0.15) is 0 Å². The van der Waals surface area contributed by atoms with Gasteiger partial charge in [-0.1, -0.05) is 18.2 Å².